The average Bonchev–Trinajstić information content (AvgIpc) is 2.89. The van der Waals surface area contributed by atoms with Gasteiger partial charge >= 0.3 is 0 Å². The van der Waals surface area contributed by atoms with Gasteiger partial charge in [-0.3, -0.25) is 0 Å². The summed E-state index contributed by atoms with van der Waals surface area (Å²) in [5.74, 6) is 0.890. The van der Waals surface area contributed by atoms with Crippen LogP contribution in [0.1, 0.15) is 11.3 Å². The third-order valence-corrected chi connectivity index (χ3v) is 2.71. The van der Waals surface area contributed by atoms with Gasteiger partial charge < -0.3 is 10.5 Å². The summed E-state index contributed by atoms with van der Waals surface area (Å²) in [6.45, 7) is 5.34. The zero-order chi connectivity index (χ0) is 13.5. The molecule has 2 N–H and O–H groups in total. The molecule has 2 aromatic rings. The van der Waals surface area contributed by atoms with E-state index in [9.17, 15) is 0 Å². The van der Waals surface area contributed by atoms with E-state index in [4.69, 9.17) is 10.5 Å². The van der Waals surface area contributed by atoms with Crippen molar-refractivity contribution in [2.24, 2.45) is 5.73 Å². The summed E-state index contributed by atoms with van der Waals surface area (Å²) >= 11 is 0. The normalized spacial score (nSPS) is 10.4. The Labute approximate surface area is 112 Å². The monoisotopic (exact) mass is 258 g/mol. The molecular formula is C14H18N4O. The van der Waals surface area contributed by atoms with Gasteiger partial charge in [0.25, 0.3) is 0 Å². The molecule has 1 aromatic carbocycles. The minimum absolute atomic E-state index is 0.406. The Morgan fingerprint density at radius 1 is 1.37 bits per heavy atom. The van der Waals surface area contributed by atoms with Gasteiger partial charge in [0.15, 0.2) is 0 Å². The largest absolute Gasteiger partial charge is 0.491 e. The maximum Gasteiger partial charge on any atom is 0.122 e. The smallest absolute Gasteiger partial charge is 0.122 e. The van der Waals surface area contributed by atoms with Crippen LogP contribution in [-0.2, 0) is 19.5 Å². The van der Waals surface area contributed by atoms with Crippen LogP contribution in [0, 0.1) is 0 Å². The van der Waals surface area contributed by atoms with E-state index in [-0.39, 0.29) is 0 Å². The van der Waals surface area contributed by atoms with E-state index in [0.29, 0.717) is 19.7 Å². The number of hydrogen-bond donors (Lipinski definition) is 1. The lowest BCUT2D eigenvalue weighted by Gasteiger charge is -2.09. The van der Waals surface area contributed by atoms with E-state index >= 15 is 0 Å². The van der Waals surface area contributed by atoms with Crippen molar-refractivity contribution in [1.82, 2.24) is 15.0 Å². The molecule has 0 aliphatic heterocycles. The summed E-state index contributed by atoms with van der Waals surface area (Å²) in [7, 11) is 0. The third-order valence-electron chi connectivity index (χ3n) is 2.71. The highest BCUT2D eigenvalue weighted by atomic mass is 16.5. The standard InChI is InChI=1S/C14H18N4O/c1-2-5-12-6-3-4-7-14(12)19-9-8-18-11-13(10-15)16-17-18/h2-4,6-7,11H,1,5,8-10,15H2. The third kappa shape index (κ3) is 3.66. The highest BCUT2D eigenvalue weighted by Crippen LogP contribution is 2.18. The number of allylic oxidation sites excluding steroid dienone is 1. The first-order valence-electron chi connectivity index (χ1n) is 6.24. The fourth-order valence-electron chi connectivity index (χ4n) is 1.76. The number of aromatic nitrogens is 3. The van der Waals surface area contributed by atoms with Crippen LogP contribution in [0.2, 0.25) is 0 Å². The number of ether oxygens (including phenoxy) is 1. The SMILES string of the molecule is C=CCc1ccccc1OCCn1cc(CN)nn1. The van der Waals surface area contributed by atoms with Gasteiger partial charge in [-0.15, -0.1) is 11.7 Å². The molecule has 0 saturated heterocycles. The highest BCUT2D eigenvalue weighted by Gasteiger charge is 2.02. The summed E-state index contributed by atoms with van der Waals surface area (Å²) in [6, 6.07) is 7.96. The minimum Gasteiger partial charge on any atom is -0.491 e. The fraction of sp³-hybridized carbons (Fsp3) is 0.286. The summed E-state index contributed by atoms with van der Waals surface area (Å²) in [6.07, 6.45) is 4.50. The molecule has 1 aromatic heterocycles. The lowest BCUT2D eigenvalue weighted by Crippen LogP contribution is -2.09. The van der Waals surface area contributed by atoms with Crippen molar-refractivity contribution >= 4 is 0 Å². The molecule has 0 amide bonds. The van der Waals surface area contributed by atoms with Crippen LogP contribution < -0.4 is 10.5 Å². The molecule has 5 heteroatoms. The van der Waals surface area contributed by atoms with Crippen molar-refractivity contribution in [1.29, 1.82) is 0 Å². The Kier molecular flexibility index (Phi) is 4.69. The molecule has 0 saturated carbocycles. The lowest BCUT2D eigenvalue weighted by atomic mass is 10.1. The van der Waals surface area contributed by atoms with Crippen LogP contribution in [0.3, 0.4) is 0 Å². The van der Waals surface area contributed by atoms with Gasteiger partial charge in [0, 0.05) is 12.7 Å². The molecule has 1 heterocycles. The molecule has 5 nitrogen and oxygen atoms in total. The maximum atomic E-state index is 5.77. The summed E-state index contributed by atoms with van der Waals surface area (Å²) in [5.41, 5.74) is 7.40. The van der Waals surface area contributed by atoms with E-state index in [1.165, 1.54) is 0 Å². The molecule has 0 radical (unpaired) electrons. The molecule has 0 atom stereocenters. The van der Waals surface area contributed by atoms with Crippen LogP contribution in [0.4, 0.5) is 0 Å². The zero-order valence-corrected chi connectivity index (χ0v) is 10.8. The van der Waals surface area contributed by atoms with Crippen molar-refractivity contribution in [3.63, 3.8) is 0 Å². The maximum absolute atomic E-state index is 5.77. The summed E-state index contributed by atoms with van der Waals surface area (Å²) in [4.78, 5) is 0. The van der Waals surface area contributed by atoms with Crippen LogP contribution in [0.25, 0.3) is 0 Å². The van der Waals surface area contributed by atoms with E-state index in [2.05, 4.69) is 16.9 Å². The van der Waals surface area contributed by atoms with E-state index in [1.54, 1.807) is 4.68 Å². The Morgan fingerprint density at radius 3 is 2.95 bits per heavy atom. The highest BCUT2D eigenvalue weighted by molar-refractivity contribution is 5.34. The van der Waals surface area contributed by atoms with Gasteiger partial charge in [0.05, 0.1) is 12.2 Å². The number of benzene rings is 1. The van der Waals surface area contributed by atoms with Gasteiger partial charge in [-0.1, -0.05) is 29.5 Å². The van der Waals surface area contributed by atoms with E-state index < -0.39 is 0 Å². The number of rotatable bonds is 7. The molecular weight excluding hydrogens is 240 g/mol. The molecule has 2 rings (SSSR count). The minimum atomic E-state index is 0.406. The first-order chi connectivity index (χ1) is 9.33. The van der Waals surface area contributed by atoms with Crippen LogP contribution in [-0.4, -0.2) is 21.6 Å². The molecule has 0 aliphatic carbocycles. The van der Waals surface area contributed by atoms with Crippen molar-refractivity contribution < 1.29 is 4.74 Å². The number of para-hydroxylation sites is 1. The Balaban J connectivity index is 1.90. The molecule has 0 aliphatic rings. The Morgan fingerprint density at radius 2 is 2.21 bits per heavy atom. The predicted octanol–water partition coefficient (Wildman–Crippen LogP) is 1.54. The molecule has 0 bridgehead atoms. The van der Waals surface area contributed by atoms with Crippen molar-refractivity contribution in [3.05, 3.63) is 54.4 Å². The number of nitrogens with two attached hydrogens (primary N) is 1. The van der Waals surface area contributed by atoms with Gasteiger partial charge in [0.1, 0.15) is 12.4 Å². The fourth-order valence-corrected chi connectivity index (χ4v) is 1.76. The van der Waals surface area contributed by atoms with Gasteiger partial charge in [-0.2, -0.15) is 0 Å². The molecule has 100 valence electrons. The summed E-state index contributed by atoms with van der Waals surface area (Å²) in [5, 5.41) is 7.89. The molecule has 19 heavy (non-hydrogen) atoms. The van der Waals surface area contributed by atoms with E-state index in [1.807, 2.05) is 36.5 Å². The van der Waals surface area contributed by atoms with Crippen LogP contribution >= 0.6 is 0 Å². The lowest BCUT2D eigenvalue weighted by molar-refractivity contribution is 0.287. The van der Waals surface area contributed by atoms with Gasteiger partial charge in [0.2, 0.25) is 0 Å². The number of nitrogens with zero attached hydrogens (tertiary/aromatic N) is 3. The topological polar surface area (TPSA) is 66.0 Å². The average molecular weight is 258 g/mol. The van der Waals surface area contributed by atoms with E-state index in [0.717, 1.165) is 23.4 Å². The quantitative estimate of drug-likeness (QED) is 0.765. The van der Waals surface area contributed by atoms with Crippen molar-refractivity contribution in [2.45, 2.75) is 19.5 Å². The molecule has 0 unspecified atom stereocenters. The molecule has 0 spiro atoms. The van der Waals surface area contributed by atoms with Crippen LogP contribution in [0.5, 0.6) is 5.75 Å². The Hall–Kier alpha value is -2.14. The second kappa shape index (κ2) is 6.70. The van der Waals surface area contributed by atoms with Gasteiger partial charge in [-0.25, -0.2) is 4.68 Å². The number of hydrogen-bond acceptors (Lipinski definition) is 4. The second-order valence-corrected chi connectivity index (χ2v) is 4.13. The first kappa shape index (κ1) is 13.3. The predicted molar refractivity (Wildman–Crippen MR) is 73.8 cm³/mol. The molecule has 0 fully saturated rings. The summed E-state index contributed by atoms with van der Waals surface area (Å²) < 4.78 is 7.50. The second-order valence-electron chi connectivity index (χ2n) is 4.13. The Bertz CT molecular complexity index is 536. The van der Waals surface area contributed by atoms with Crippen molar-refractivity contribution in [2.75, 3.05) is 6.61 Å². The zero-order valence-electron chi connectivity index (χ0n) is 10.8. The van der Waals surface area contributed by atoms with Gasteiger partial charge in [-0.05, 0) is 18.1 Å². The first-order valence-corrected chi connectivity index (χ1v) is 6.24. The van der Waals surface area contributed by atoms with Crippen LogP contribution in [0.15, 0.2) is 43.1 Å². The van der Waals surface area contributed by atoms with Crippen molar-refractivity contribution in [3.8, 4) is 5.75 Å².